The Hall–Kier alpha value is -1.15. The molecule has 0 N–H and O–H groups in total. The van der Waals surface area contributed by atoms with Crippen molar-refractivity contribution < 1.29 is 0 Å². The maximum Gasteiger partial charge on any atom is 0.0583 e. The summed E-state index contributed by atoms with van der Waals surface area (Å²) in [6.45, 7) is 7.11. The summed E-state index contributed by atoms with van der Waals surface area (Å²) in [5, 5.41) is 9.55. The van der Waals surface area contributed by atoms with Crippen LogP contribution in [0.25, 0.3) is 0 Å². The molecule has 106 valence electrons. The highest BCUT2D eigenvalue weighted by Crippen LogP contribution is 2.63. The lowest BCUT2D eigenvalue weighted by molar-refractivity contribution is 0.194. The van der Waals surface area contributed by atoms with Gasteiger partial charge < -0.3 is 0 Å². The molecule has 0 spiro atoms. The molecule has 2 atom stereocenters. The van der Waals surface area contributed by atoms with E-state index in [1.165, 1.54) is 18.6 Å². The monoisotopic (exact) mass is 288 g/mol. The van der Waals surface area contributed by atoms with E-state index < -0.39 is 0 Å². The van der Waals surface area contributed by atoms with Gasteiger partial charge in [0.15, 0.2) is 0 Å². The fourth-order valence-corrected chi connectivity index (χ4v) is 4.00. The number of benzene rings is 1. The molecule has 3 heteroatoms. The molecule has 1 aromatic carbocycles. The molecule has 20 heavy (non-hydrogen) atoms. The number of halogens is 1. The van der Waals surface area contributed by atoms with Crippen LogP contribution in [0.4, 0.5) is 0 Å². The van der Waals surface area contributed by atoms with Crippen LogP contribution in [0, 0.1) is 16.7 Å². The van der Waals surface area contributed by atoms with Gasteiger partial charge in [0.05, 0.1) is 6.21 Å². The van der Waals surface area contributed by atoms with Gasteiger partial charge in [-0.3, -0.25) is 0 Å². The highest BCUT2D eigenvalue weighted by atomic mass is 35.5. The molecule has 0 aliphatic heterocycles. The Balaban J connectivity index is 1.84. The van der Waals surface area contributed by atoms with Crippen LogP contribution >= 0.6 is 11.6 Å². The number of hydrogen-bond acceptors (Lipinski definition) is 2. The smallest absolute Gasteiger partial charge is 0.0583 e. The van der Waals surface area contributed by atoms with Crippen molar-refractivity contribution in [2.45, 2.75) is 40.0 Å². The summed E-state index contributed by atoms with van der Waals surface area (Å²) in [7, 11) is 0. The Labute approximate surface area is 125 Å². The predicted molar refractivity (Wildman–Crippen MR) is 85.7 cm³/mol. The number of nitrogens with zero attached hydrogens (tertiary/aromatic N) is 2. The molecule has 0 heterocycles. The quantitative estimate of drug-likeness (QED) is 0.543. The lowest BCUT2D eigenvalue weighted by Crippen LogP contribution is -2.32. The Kier molecular flexibility index (Phi) is 3.24. The first-order chi connectivity index (χ1) is 9.45. The van der Waals surface area contributed by atoms with E-state index in [2.05, 4.69) is 31.0 Å². The maximum absolute atomic E-state index is 6.12. The zero-order chi connectivity index (χ0) is 14.4. The van der Waals surface area contributed by atoms with Crippen LogP contribution in [-0.2, 0) is 0 Å². The van der Waals surface area contributed by atoms with Crippen LogP contribution in [0.2, 0.25) is 5.02 Å². The third kappa shape index (κ3) is 1.93. The van der Waals surface area contributed by atoms with Gasteiger partial charge in [-0.15, -0.1) is 0 Å². The van der Waals surface area contributed by atoms with Crippen molar-refractivity contribution >= 4 is 23.5 Å². The first-order valence-electron chi connectivity index (χ1n) is 7.30. The molecule has 3 rings (SSSR count). The van der Waals surface area contributed by atoms with Crippen LogP contribution in [-0.4, -0.2) is 11.9 Å². The molecular formula is C17H21ClN2. The topological polar surface area (TPSA) is 24.7 Å². The summed E-state index contributed by atoms with van der Waals surface area (Å²) >= 11 is 6.12. The van der Waals surface area contributed by atoms with Gasteiger partial charge in [-0.2, -0.15) is 10.2 Å². The average Bonchev–Trinajstić information content (AvgIpc) is 2.74. The summed E-state index contributed by atoms with van der Waals surface area (Å²) in [5.74, 6) is 0.766. The van der Waals surface area contributed by atoms with Crippen molar-refractivity contribution in [3.8, 4) is 0 Å². The zero-order valence-electron chi connectivity index (χ0n) is 12.4. The Bertz CT molecular complexity index is 588. The molecule has 2 saturated carbocycles. The number of hydrogen-bond donors (Lipinski definition) is 0. The summed E-state index contributed by atoms with van der Waals surface area (Å²) in [6.07, 6.45) is 5.43. The molecule has 0 radical (unpaired) electrons. The Morgan fingerprint density at radius 1 is 1.25 bits per heavy atom. The van der Waals surface area contributed by atoms with E-state index in [1.54, 1.807) is 6.21 Å². The van der Waals surface area contributed by atoms with Crippen molar-refractivity contribution in [3.05, 3.63) is 34.9 Å². The van der Waals surface area contributed by atoms with Crippen LogP contribution in [0.3, 0.4) is 0 Å². The average molecular weight is 289 g/mol. The lowest BCUT2D eigenvalue weighted by atomic mass is 9.70. The van der Waals surface area contributed by atoms with Crippen LogP contribution in [0.15, 0.2) is 34.5 Å². The Morgan fingerprint density at radius 2 is 2.00 bits per heavy atom. The molecule has 2 aliphatic rings. The van der Waals surface area contributed by atoms with Gasteiger partial charge in [-0.1, -0.05) is 50.6 Å². The van der Waals surface area contributed by atoms with Gasteiger partial charge in [0, 0.05) is 21.7 Å². The fourth-order valence-electron chi connectivity index (χ4n) is 3.82. The molecule has 2 aliphatic carbocycles. The van der Waals surface area contributed by atoms with Crippen LogP contribution in [0.5, 0.6) is 0 Å². The first-order valence-corrected chi connectivity index (χ1v) is 7.68. The minimum atomic E-state index is 0.218. The van der Waals surface area contributed by atoms with E-state index >= 15 is 0 Å². The van der Waals surface area contributed by atoms with Gasteiger partial charge in [0.2, 0.25) is 0 Å². The standard InChI is InChI=1S/C17H21ClN2/c1-16(2)13-8-9-17(16,3)15(10-13)20-19-11-12-6-4-5-7-14(12)18/h4-7,11,13H,8-10H2,1-3H3/b19-11-,20-15+/t13-,17+/m0/s1. The molecule has 0 aromatic heterocycles. The zero-order valence-corrected chi connectivity index (χ0v) is 13.1. The minimum absolute atomic E-state index is 0.218. The maximum atomic E-state index is 6.12. The van der Waals surface area contributed by atoms with E-state index in [1.807, 2.05) is 24.3 Å². The highest BCUT2D eigenvalue weighted by molar-refractivity contribution is 6.33. The Morgan fingerprint density at radius 3 is 2.60 bits per heavy atom. The number of rotatable bonds is 2. The third-order valence-electron chi connectivity index (χ3n) is 5.79. The summed E-state index contributed by atoms with van der Waals surface area (Å²) in [4.78, 5) is 0. The van der Waals surface area contributed by atoms with Gasteiger partial charge in [-0.25, -0.2) is 0 Å². The minimum Gasteiger partial charge on any atom is -0.160 e. The van der Waals surface area contributed by atoms with Crippen molar-refractivity contribution in [3.63, 3.8) is 0 Å². The summed E-state index contributed by atoms with van der Waals surface area (Å²) in [6, 6.07) is 7.71. The van der Waals surface area contributed by atoms with Gasteiger partial charge in [-0.05, 0) is 36.7 Å². The first kappa shape index (κ1) is 13.8. The molecule has 2 fully saturated rings. The SMILES string of the molecule is CC1(C)[C@H]2CC[C@]1(C)/C(=N/N=C\c1ccccc1Cl)C2. The number of fused-ring (bicyclic) bond motifs is 2. The van der Waals surface area contributed by atoms with Crippen molar-refractivity contribution in [1.29, 1.82) is 0 Å². The fraction of sp³-hybridized carbons (Fsp3) is 0.529. The van der Waals surface area contributed by atoms with E-state index in [4.69, 9.17) is 11.6 Å². The lowest BCUT2D eigenvalue weighted by Gasteiger charge is -2.34. The van der Waals surface area contributed by atoms with Gasteiger partial charge >= 0.3 is 0 Å². The normalized spacial score (nSPS) is 33.4. The molecule has 0 amide bonds. The summed E-state index contributed by atoms with van der Waals surface area (Å²) in [5.41, 5.74) is 2.76. The predicted octanol–water partition coefficient (Wildman–Crippen LogP) is 4.96. The second-order valence-electron chi connectivity index (χ2n) is 6.81. The van der Waals surface area contributed by atoms with E-state index in [0.29, 0.717) is 5.41 Å². The van der Waals surface area contributed by atoms with E-state index in [-0.39, 0.29) is 5.41 Å². The van der Waals surface area contributed by atoms with E-state index in [9.17, 15) is 0 Å². The third-order valence-corrected chi connectivity index (χ3v) is 6.14. The molecule has 2 bridgehead atoms. The molecular weight excluding hydrogens is 268 g/mol. The van der Waals surface area contributed by atoms with Gasteiger partial charge in [0.25, 0.3) is 0 Å². The molecule has 2 nitrogen and oxygen atoms in total. The van der Waals surface area contributed by atoms with E-state index in [0.717, 1.165) is 22.9 Å². The van der Waals surface area contributed by atoms with Crippen LogP contribution in [0.1, 0.15) is 45.6 Å². The van der Waals surface area contributed by atoms with Crippen molar-refractivity contribution in [2.24, 2.45) is 27.0 Å². The van der Waals surface area contributed by atoms with Crippen molar-refractivity contribution in [1.82, 2.24) is 0 Å². The highest BCUT2D eigenvalue weighted by Gasteiger charge is 2.59. The van der Waals surface area contributed by atoms with Gasteiger partial charge in [0.1, 0.15) is 0 Å². The molecule has 0 unspecified atom stereocenters. The van der Waals surface area contributed by atoms with Crippen molar-refractivity contribution in [2.75, 3.05) is 0 Å². The van der Waals surface area contributed by atoms with Crippen LogP contribution < -0.4 is 0 Å². The second-order valence-corrected chi connectivity index (χ2v) is 7.21. The molecule has 1 aromatic rings. The largest absolute Gasteiger partial charge is 0.160 e. The summed E-state index contributed by atoms with van der Waals surface area (Å²) < 4.78 is 0. The second kappa shape index (κ2) is 4.70. The molecule has 0 saturated heterocycles.